The Labute approximate surface area is 85.8 Å². The molecule has 14 heavy (non-hydrogen) atoms. The minimum Gasteiger partial charge on any atom is -0.353 e. The Kier molecular flexibility index (Phi) is 5.44. The largest absolute Gasteiger partial charge is 0.353 e. The van der Waals surface area contributed by atoms with Crippen molar-refractivity contribution < 1.29 is 14.3 Å². The van der Waals surface area contributed by atoms with Gasteiger partial charge in [-0.1, -0.05) is 5.92 Å². The van der Waals surface area contributed by atoms with Crippen LogP contribution in [0.25, 0.3) is 0 Å². The van der Waals surface area contributed by atoms with E-state index in [0.717, 1.165) is 0 Å². The van der Waals surface area contributed by atoms with E-state index in [4.69, 9.17) is 9.47 Å². The van der Waals surface area contributed by atoms with Crippen molar-refractivity contribution in [1.29, 1.82) is 0 Å². The van der Waals surface area contributed by atoms with Crippen LogP contribution in [0.3, 0.4) is 0 Å². The number of ether oxygens (including phenoxy) is 2. The quantitative estimate of drug-likeness (QED) is 0.392. The van der Waals surface area contributed by atoms with Gasteiger partial charge in [0.1, 0.15) is 5.60 Å². The molecule has 1 unspecified atom stereocenters. The lowest BCUT2D eigenvalue weighted by molar-refractivity contribution is -0.169. The molecule has 0 aromatic heterocycles. The van der Waals surface area contributed by atoms with E-state index in [2.05, 4.69) is 11.8 Å². The van der Waals surface area contributed by atoms with Gasteiger partial charge in [-0.05, 0) is 33.6 Å². The topological polar surface area (TPSA) is 35.5 Å². The van der Waals surface area contributed by atoms with Crippen LogP contribution in [0.2, 0.25) is 0 Å². The van der Waals surface area contributed by atoms with Crippen molar-refractivity contribution >= 4 is 5.78 Å². The second-order valence-corrected chi connectivity index (χ2v) is 3.46. The van der Waals surface area contributed by atoms with Crippen molar-refractivity contribution in [1.82, 2.24) is 0 Å². The zero-order valence-corrected chi connectivity index (χ0v) is 9.51. The lowest BCUT2D eigenvalue weighted by Crippen LogP contribution is -2.29. The molecule has 3 nitrogen and oxygen atoms in total. The van der Waals surface area contributed by atoms with E-state index in [1.54, 1.807) is 20.8 Å². The van der Waals surface area contributed by atoms with Crippen molar-refractivity contribution in [3.8, 4) is 11.8 Å². The molecule has 0 aromatic rings. The smallest absolute Gasteiger partial charge is 0.202 e. The molecule has 0 radical (unpaired) electrons. The van der Waals surface area contributed by atoms with Gasteiger partial charge in [0.2, 0.25) is 5.78 Å². The van der Waals surface area contributed by atoms with Crippen LogP contribution in [0.1, 0.15) is 34.6 Å². The van der Waals surface area contributed by atoms with Gasteiger partial charge in [-0.2, -0.15) is 0 Å². The first-order valence-corrected chi connectivity index (χ1v) is 4.70. The zero-order chi connectivity index (χ0) is 11.2. The maximum atomic E-state index is 10.6. The summed E-state index contributed by atoms with van der Waals surface area (Å²) in [5.74, 6) is 5.05. The van der Waals surface area contributed by atoms with Crippen LogP contribution >= 0.6 is 0 Å². The Morgan fingerprint density at radius 1 is 1.50 bits per heavy atom. The van der Waals surface area contributed by atoms with Crippen molar-refractivity contribution in [3.05, 3.63) is 0 Å². The summed E-state index contributed by atoms with van der Waals surface area (Å²) in [6.07, 6.45) is -0.309. The maximum Gasteiger partial charge on any atom is 0.202 e. The molecular weight excluding hydrogens is 180 g/mol. The first-order chi connectivity index (χ1) is 6.37. The maximum absolute atomic E-state index is 10.6. The molecule has 80 valence electrons. The predicted molar refractivity (Wildman–Crippen MR) is 54.7 cm³/mol. The van der Waals surface area contributed by atoms with Crippen LogP contribution in [0.5, 0.6) is 0 Å². The molecule has 0 bridgehead atoms. The Hall–Kier alpha value is -0.850. The normalized spacial score (nSPS) is 12.9. The molecule has 3 heteroatoms. The fourth-order valence-corrected chi connectivity index (χ4v) is 0.952. The Morgan fingerprint density at radius 2 is 2.07 bits per heavy atom. The Bertz CT molecular complexity index is 245. The fourth-order valence-electron chi connectivity index (χ4n) is 0.952. The summed E-state index contributed by atoms with van der Waals surface area (Å²) >= 11 is 0. The summed E-state index contributed by atoms with van der Waals surface area (Å²) in [7, 11) is 0. The van der Waals surface area contributed by atoms with E-state index >= 15 is 0 Å². The van der Waals surface area contributed by atoms with Gasteiger partial charge in [0.25, 0.3) is 0 Å². The average Bonchev–Trinajstić information content (AvgIpc) is 2.00. The zero-order valence-electron chi connectivity index (χ0n) is 9.51. The van der Waals surface area contributed by atoms with Crippen LogP contribution in [-0.4, -0.2) is 24.3 Å². The monoisotopic (exact) mass is 198 g/mol. The molecular formula is C11H18O3. The van der Waals surface area contributed by atoms with E-state index < -0.39 is 5.60 Å². The Morgan fingerprint density at radius 3 is 2.50 bits per heavy atom. The first kappa shape index (κ1) is 13.2. The van der Waals surface area contributed by atoms with Crippen molar-refractivity contribution in [2.75, 3.05) is 6.61 Å². The number of hydrogen-bond donors (Lipinski definition) is 0. The molecule has 0 rings (SSSR count). The average molecular weight is 198 g/mol. The standard InChI is InChI=1S/C11H18O3/c1-6-13-10(3)14-11(4,5)8-7-9(2)12/h10H,6H2,1-5H3. The molecule has 0 fully saturated rings. The van der Waals surface area contributed by atoms with Gasteiger partial charge >= 0.3 is 0 Å². The van der Waals surface area contributed by atoms with Crippen LogP contribution in [0, 0.1) is 11.8 Å². The molecule has 0 aromatic carbocycles. The summed E-state index contributed by atoms with van der Waals surface area (Å²) < 4.78 is 10.7. The van der Waals surface area contributed by atoms with E-state index in [1.165, 1.54) is 6.92 Å². The summed E-state index contributed by atoms with van der Waals surface area (Å²) in [6.45, 7) is 9.33. The molecule has 0 saturated carbocycles. The third-order valence-electron chi connectivity index (χ3n) is 1.40. The highest BCUT2D eigenvalue weighted by Gasteiger charge is 2.18. The van der Waals surface area contributed by atoms with Crippen molar-refractivity contribution in [2.45, 2.75) is 46.5 Å². The molecule has 0 N–H and O–H groups in total. The van der Waals surface area contributed by atoms with Crippen LogP contribution < -0.4 is 0 Å². The minimum atomic E-state index is -0.653. The molecule has 0 heterocycles. The third kappa shape index (κ3) is 6.64. The number of rotatable bonds is 4. The third-order valence-corrected chi connectivity index (χ3v) is 1.40. The number of ketones is 1. The molecule has 0 aliphatic rings. The summed E-state index contributed by atoms with van der Waals surface area (Å²) in [5, 5.41) is 0. The molecule has 0 amide bonds. The summed E-state index contributed by atoms with van der Waals surface area (Å²) in [5.41, 5.74) is -0.653. The number of Topliss-reactive ketones (excluding diaryl/α,β-unsaturated/α-hetero) is 1. The van der Waals surface area contributed by atoms with Gasteiger partial charge in [0, 0.05) is 13.5 Å². The predicted octanol–water partition coefficient (Wildman–Crippen LogP) is 1.76. The summed E-state index contributed by atoms with van der Waals surface area (Å²) in [4.78, 5) is 10.6. The first-order valence-electron chi connectivity index (χ1n) is 4.70. The van der Waals surface area contributed by atoms with Gasteiger partial charge in [0.15, 0.2) is 6.29 Å². The second-order valence-electron chi connectivity index (χ2n) is 3.46. The van der Waals surface area contributed by atoms with Gasteiger partial charge in [-0.15, -0.1) is 0 Å². The van der Waals surface area contributed by atoms with Gasteiger partial charge in [0.05, 0.1) is 0 Å². The van der Waals surface area contributed by atoms with Crippen molar-refractivity contribution in [3.63, 3.8) is 0 Å². The van der Waals surface area contributed by atoms with E-state index in [9.17, 15) is 4.79 Å². The minimum absolute atomic E-state index is 0.161. The molecule has 0 aliphatic heterocycles. The lowest BCUT2D eigenvalue weighted by atomic mass is 10.1. The fraction of sp³-hybridized carbons (Fsp3) is 0.727. The highest BCUT2D eigenvalue weighted by atomic mass is 16.7. The van der Waals surface area contributed by atoms with Crippen LogP contribution in [0.4, 0.5) is 0 Å². The number of carbonyl (C=O) groups excluding carboxylic acids is 1. The van der Waals surface area contributed by atoms with Crippen LogP contribution in [-0.2, 0) is 14.3 Å². The molecule has 0 spiro atoms. The molecule has 0 aliphatic carbocycles. The van der Waals surface area contributed by atoms with E-state index in [0.29, 0.717) is 6.61 Å². The number of carbonyl (C=O) groups is 1. The lowest BCUT2D eigenvalue weighted by Gasteiger charge is -2.23. The van der Waals surface area contributed by atoms with E-state index in [-0.39, 0.29) is 12.1 Å². The molecule has 0 saturated heterocycles. The SMILES string of the molecule is CCOC(C)OC(C)(C)C#CC(C)=O. The Balaban J connectivity index is 4.21. The highest BCUT2D eigenvalue weighted by molar-refractivity contribution is 5.93. The van der Waals surface area contributed by atoms with Gasteiger partial charge in [-0.25, -0.2) is 0 Å². The number of hydrogen-bond acceptors (Lipinski definition) is 3. The highest BCUT2D eigenvalue weighted by Crippen LogP contribution is 2.11. The molecule has 1 atom stereocenters. The van der Waals surface area contributed by atoms with Gasteiger partial charge in [-0.3, -0.25) is 4.79 Å². The van der Waals surface area contributed by atoms with Crippen molar-refractivity contribution in [2.24, 2.45) is 0 Å². The van der Waals surface area contributed by atoms with E-state index in [1.807, 2.05) is 6.92 Å². The summed E-state index contributed by atoms with van der Waals surface area (Å²) in [6, 6.07) is 0. The second kappa shape index (κ2) is 5.79. The van der Waals surface area contributed by atoms with Crippen LogP contribution in [0.15, 0.2) is 0 Å². The van der Waals surface area contributed by atoms with Gasteiger partial charge < -0.3 is 9.47 Å².